The number of rotatable bonds is 4. The van der Waals surface area contributed by atoms with E-state index in [2.05, 4.69) is 10.1 Å². The average Bonchev–Trinajstić information content (AvgIpc) is 2.92. The average molecular weight is 419 g/mol. The van der Waals surface area contributed by atoms with Crippen molar-refractivity contribution >= 4 is 33.6 Å². The van der Waals surface area contributed by atoms with Crippen LogP contribution >= 0.6 is 0 Å². The summed E-state index contributed by atoms with van der Waals surface area (Å²) < 4.78 is 31.3. The molecule has 0 bridgehead atoms. The number of allylic oxidation sites excluding steroid dienone is 2. The minimum absolute atomic E-state index is 0.0725. The molecule has 1 aromatic rings. The van der Waals surface area contributed by atoms with Crippen LogP contribution in [0, 0.1) is 11.8 Å². The predicted octanol–water partition coefficient (Wildman–Crippen LogP) is 1.19. The summed E-state index contributed by atoms with van der Waals surface area (Å²) in [7, 11) is -2.52. The van der Waals surface area contributed by atoms with E-state index in [-0.39, 0.29) is 41.6 Å². The predicted molar refractivity (Wildman–Crippen MR) is 102 cm³/mol. The SMILES string of the molecule is COC(=O)Nc1ccc(S(=O)(=O)N2CC(N3C(=O)[C@H]4CC=CC[C@H]4C3=O)C2)cc1. The molecule has 4 rings (SSSR count). The van der Waals surface area contributed by atoms with Gasteiger partial charge >= 0.3 is 6.09 Å². The minimum Gasteiger partial charge on any atom is -0.453 e. The van der Waals surface area contributed by atoms with Crippen molar-refractivity contribution in [3.05, 3.63) is 36.4 Å². The number of anilines is 1. The van der Waals surface area contributed by atoms with Gasteiger partial charge in [-0.15, -0.1) is 0 Å². The van der Waals surface area contributed by atoms with E-state index in [9.17, 15) is 22.8 Å². The van der Waals surface area contributed by atoms with Crippen molar-refractivity contribution < 1.29 is 27.5 Å². The number of sulfonamides is 1. The van der Waals surface area contributed by atoms with Crippen molar-refractivity contribution in [3.63, 3.8) is 0 Å². The molecule has 2 saturated heterocycles. The van der Waals surface area contributed by atoms with Crippen LogP contribution in [0.1, 0.15) is 12.8 Å². The Morgan fingerprint density at radius 3 is 2.10 bits per heavy atom. The first kappa shape index (κ1) is 19.6. The van der Waals surface area contributed by atoms with E-state index in [4.69, 9.17) is 0 Å². The summed E-state index contributed by atoms with van der Waals surface area (Å²) in [5, 5.41) is 2.45. The fourth-order valence-corrected chi connectivity index (χ4v) is 5.51. The summed E-state index contributed by atoms with van der Waals surface area (Å²) in [6, 6.07) is 5.29. The number of carbonyl (C=O) groups excluding carboxylic acids is 3. The molecule has 1 aliphatic carbocycles. The third-order valence-electron chi connectivity index (χ3n) is 5.66. The summed E-state index contributed by atoms with van der Waals surface area (Å²) in [4.78, 5) is 37.8. The number of likely N-dealkylation sites (tertiary alicyclic amines) is 1. The molecule has 1 aromatic carbocycles. The number of ether oxygens (including phenoxy) is 1. The number of carbonyl (C=O) groups is 3. The van der Waals surface area contributed by atoms with Gasteiger partial charge in [0.2, 0.25) is 21.8 Å². The van der Waals surface area contributed by atoms with Crippen LogP contribution in [-0.2, 0) is 24.3 Å². The van der Waals surface area contributed by atoms with Gasteiger partial charge in [0.25, 0.3) is 0 Å². The van der Waals surface area contributed by atoms with Gasteiger partial charge in [0.1, 0.15) is 0 Å². The Kier molecular flexibility index (Phi) is 4.91. The Morgan fingerprint density at radius 1 is 1.03 bits per heavy atom. The molecule has 2 aliphatic heterocycles. The molecular formula is C19H21N3O6S. The second-order valence-corrected chi connectivity index (χ2v) is 9.26. The molecule has 0 aromatic heterocycles. The van der Waals surface area contributed by atoms with Crippen LogP contribution in [0.4, 0.5) is 10.5 Å². The van der Waals surface area contributed by atoms with Crippen LogP contribution in [-0.4, -0.2) is 61.8 Å². The highest BCUT2D eigenvalue weighted by molar-refractivity contribution is 7.89. The van der Waals surface area contributed by atoms with Gasteiger partial charge in [-0.25, -0.2) is 13.2 Å². The largest absolute Gasteiger partial charge is 0.453 e. The molecule has 3 aliphatic rings. The van der Waals surface area contributed by atoms with Crippen molar-refractivity contribution in [2.24, 2.45) is 11.8 Å². The second-order valence-electron chi connectivity index (χ2n) is 7.32. The van der Waals surface area contributed by atoms with Gasteiger partial charge in [-0.3, -0.25) is 19.8 Å². The summed E-state index contributed by atoms with van der Waals surface area (Å²) >= 11 is 0. The molecule has 10 heteroatoms. The highest BCUT2D eigenvalue weighted by Crippen LogP contribution is 2.38. The quantitative estimate of drug-likeness (QED) is 0.579. The lowest BCUT2D eigenvalue weighted by Crippen LogP contribution is -2.62. The zero-order chi connectivity index (χ0) is 20.8. The van der Waals surface area contributed by atoms with E-state index < -0.39 is 22.2 Å². The van der Waals surface area contributed by atoms with Crippen LogP contribution in [0.5, 0.6) is 0 Å². The minimum atomic E-state index is -3.75. The highest BCUT2D eigenvalue weighted by Gasteiger charge is 2.53. The normalized spacial score (nSPS) is 24.9. The zero-order valence-electron chi connectivity index (χ0n) is 15.8. The first-order valence-corrected chi connectivity index (χ1v) is 10.7. The number of methoxy groups -OCH3 is 1. The van der Waals surface area contributed by atoms with Crippen molar-refractivity contribution in [3.8, 4) is 0 Å². The maximum Gasteiger partial charge on any atom is 0.411 e. The number of fused-ring (bicyclic) bond motifs is 1. The van der Waals surface area contributed by atoms with Crippen LogP contribution < -0.4 is 5.32 Å². The molecule has 9 nitrogen and oxygen atoms in total. The van der Waals surface area contributed by atoms with Gasteiger partial charge in [-0.05, 0) is 37.1 Å². The third-order valence-corrected chi connectivity index (χ3v) is 7.51. The molecule has 2 fully saturated rings. The number of hydrogen-bond donors (Lipinski definition) is 1. The molecule has 29 heavy (non-hydrogen) atoms. The summed E-state index contributed by atoms with van der Waals surface area (Å²) in [6.45, 7) is 0.184. The van der Waals surface area contributed by atoms with Crippen molar-refractivity contribution in [2.45, 2.75) is 23.8 Å². The van der Waals surface area contributed by atoms with E-state index >= 15 is 0 Å². The monoisotopic (exact) mass is 419 g/mol. The fraction of sp³-hybridized carbons (Fsp3) is 0.421. The maximum atomic E-state index is 12.8. The number of nitrogens with zero attached hydrogens (tertiary/aromatic N) is 2. The summed E-state index contributed by atoms with van der Waals surface area (Å²) in [5.41, 5.74) is 0.404. The second kappa shape index (κ2) is 7.27. The molecular weight excluding hydrogens is 398 g/mol. The maximum absolute atomic E-state index is 12.8. The van der Waals surface area contributed by atoms with Crippen molar-refractivity contribution in [1.29, 1.82) is 0 Å². The first-order valence-electron chi connectivity index (χ1n) is 9.30. The topological polar surface area (TPSA) is 113 Å². The Balaban J connectivity index is 1.42. The molecule has 1 N–H and O–H groups in total. The third kappa shape index (κ3) is 3.32. The van der Waals surface area contributed by atoms with Crippen LogP contribution in [0.25, 0.3) is 0 Å². The lowest BCUT2D eigenvalue weighted by atomic mass is 9.85. The van der Waals surface area contributed by atoms with E-state index in [1.54, 1.807) is 0 Å². The van der Waals surface area contributed by atoms with E-state index in [1.807, 2.05) is 12.2 Å². The summed E-state index contributed by atoms with van der Waals surface area (Å²) in [6.07, 6.45) is 4.32. The molecule has 0 unspecified atom stereocenters. The molecule has 0 saturated carbocycles. The molecule has 0 radical (unpaired) electrons. The fourth-order valence-electron chi connectivity index (χ4n) is 3.99. The zero-order valence-corrected chi connectivity index (χ0v) is 16.6. The van der Waals surface area contributed by atoms with Crippen molar-refractivity contribution in [1.82, 2.24) is 9.21 Å². The summed E-state index contributed by atoms with van der Waals surface area (Å²) in [5.74, 6) is -1.00. The lowest BCUT2D eigenvalue weighted by molar-refractivity contribution is -0.145. The van der Waals surface area contributed by atoms with Gasteiger partial charge in [-0.1, -0.05) is 12.2 Å². The van der Waals surface area contributed by atoms with E-state index in [1.165, 1.54) is 40.6 Å². The Bertz CT molecular complexity index is 956. The Hall–Kier alpha value is -2.72. The van der Waals surface area contributed by atoms with Crippen molar-refractivity contribution in [2.75, 3.05) is 25.5 Å². The molecule has 2 atom stereocenters. The number of imide groups is 1. The van der Waals surface area contributed by atoms with Crippen LogP contribution in [0.2, 0.25) is 0 Å². The number of amides is 3. The highest BCUT2D eigenvalue weighted by atomic mass is 32.2. The first-order chi connectivity index (χ1) is 13.8. The Labute approximate surface area is 168 Å². The Morgan fingerprint density at radius 2 is 1.59 bits per heavy atom. The molecule has 2 heterocycles. The number of benzene rings is 1. The lowest BCUT2D eigenvalue weighted by Gasteiger charge is -2.42. The number of nitrogens with one attached hydrogen (secondary N) is 1. The van der Waals surface area contributed by atoms with Gasteiger partial charge in [-0.2, -0.15) is 4.31 Å². The number of hydrogen-bond acceptors (Lipinski definition) is 6. The van der Waals surface area contributed by atoms with E-state index in [0.717, 1.165) is 0 Å². The van der Waals surface area contributed by atoms with Gasteiger partial charge in [0.05, 0.1) is 29.9 Å². The molecule has 154 valence electrons. The van der Waals surface area contributed by atoms with E-state index in [0.29, 0.717) is 18.5 Å². The van der Waals surface area contributed by atoms with Gasteiger partial charge < -0.3 is 4.74 Å². The smallest absolute Gasteiger partial charge is 0.411 e. The molecule has 3 amide bonds. The standard InChI is InChI=1S/C19H21N3O6S/c1-28-19(25)20-12-6-8-14(9-7-12)29(26,27)21-10-13(11-21)22-17(23)15-4-2-3-5-16(15)18(22)24/h2-3,6-9,13,15-16H,4-5,10-11H2,1H3,(H,20,25)/t15-,16+. The van der Waals surface area contributed by atoms with Crippen LogP contribution in [0.3, 0.4) is 0 Å². The van der Waals surface area contributed by atoms with Crippen LogP contribution in [0.15, 0.2) is 41.3 Å². The molecule has 0 spiro atoms. The van der Waals surface area contributed by atoms with Gasteiger partial charge in [0.15, 0.2) is 0 Å². The van der Waals surface area contributed by atoms with Gasteiger partial charge in [0, 0.05) is 18.8 Å².